The van der Waals surface area contributed by atoms with Crippen molar-refractivity contribution in [1.29, 1.82) is 0 Å². The van der Waals surface area contributed by atoms with Crippen LogP contribution >= 0.6 is 0 Å². The third-order valence-corrected chi connectivity index (χ3v) is 2.47. The maximum absolute atomic E-state index is 5.47. The molecule has 0 bridgehead atoms. The van der Waals surface area contributed by atoms with Crippen molar-refractivity contribution in [2.24, 2.45) is 5.73 Å². The van der Waals surface area contributed by atoms with Gasteiger partial charge in [-0.3, -0.25) is 0 Å². The van der Waals surface area contributed by atoms with Crippen LogP contribution in [-0.4, -0.2) is 11.7 Å². The van der Waals surface area contributed by atoms with Crippen molar-refractivity contribution >= 4 is 0 Å². The fraction of sp³-hybridized carbons (Fsp3) is 0.308. The van der Waals surface area contributed by atoms with Gasteiger partial charge in [-0.05, 0) is 32.5 Å². The number of nitrogens with zero attached hydrogens (tertiary/aromatic N) is 1. The minimum Gasteiger partial charge on any atom is -0.361 e. The van der Waals surface area contributed by atoms with Crippen molar-refractivity contribution in [3.05, 3.63) is 41.2 Å². The minimum atomic E-state index is 0.585. The Morgan fingerprint density at radius 2 is 1.81 bits per heavy atom. The van der Waals surface area contributed by atoms with Gasteiger partial charge in [-0.1, -0.05) is 22.3 Å². The van der Waals surface area contributed by atoms with Crippen molar-refractivity contribution in [2.45, 2.75) is 20.3 Å². The lowest BCUT2D eigenvalue weighted by Crippen LogP contribution is -2.01. The van der Waals surface area contributed by atoms with Crippen LogP contribution < -0.4 is 5.73 Å². The van der Waals surface area contributed by atoms with Gasteiger partial charge in [0.15, 0.2) is 0 Å². The van der Waals surface area contributed by atoms with Crippen LogP contribution in [-0.2, 0) is 6.42 Å². The highest BCUT2D eigenvalue weighted by Gasteiger charge is 2.06. The first-order valence-corrected chi connectivity index (χ1v) is 5.43. The van der Waals surface area contributed by atoms with E-state index in [4.69, 9.17) is 10.3 Å². The second-order valence-corrected chi connectivity index (χ2v) is 4.09. The zero-order valence-electron chi connectivity index (χ0n) is 9.66. The van der Waals surface area contributed by atoms with E-state index in [0.717, 1.165) is 23.4 Å². The van der Waals surface area contributed by atoms with Crippen LogP contribution in [0.3, 0.4) is 0 Å². The van der Waals surface area contributed by atoms with E-state index in [9.17, 15) is 0 Å². The Balaban J connectivity index is 2.34. The predicted molar refractivity (Wildman–Crippen MR) is 64.2 cm³/mol. The average Bonchev–Trinajstić information content (AvgIpc) is 2.65. The Morgan fingerprint density at radius 1 is 1.12 bits per heavy atom. The second-order valence-electron chi connectivity index (χ2n) is 4.09. The highest BCUT2D eigenvalue weighted by Crippen LogP contribution is 2.22. The van der Waals surface area contributed by atoms with Crippen LogP contribution in [0.15, 0.2) is 28.8 Å². The molecule has 0 amide bonds. The summed E-state index contributed by atoms with van der Waals surface area (Å²) in [6.07, 6.45) is 0.734. The predicted octanol–water partition coefficient (Wildman–Crippen LogP) is 2.46. The topological polar surface area (TPSA) is 52.0 Å². The summed E-state index contributed by atoms with van der Waals surface area (Å²) in [6, 6.07) is 8.32. The molecule has 3 heteroatoms. The van der Waals surface area contributed by atoms with Crippen LogP contribution in [0.25, 0.3) is 11.3 Å². The summed E-state index contributed by atoms with van der Waals surface area (Å²) in [6.45, 7) is 4.75. The van der Waals surface area contributed by atoms with Crippen molar-refractivity contribution < 1.29 is 4.52 Å². The number of hydrogen-bond acceptors (Lipinski definition) is 3. The van der Waals surface area contributed by atoms with E-state index >= 15 is 0 Å². The fourth-order valence-electron chi connectivity index (χ4n) is 1.83. The molecule has 0 saturated heterocycles. The molecule has 1 aromatic heterocycles. The summed E-state index contributed by atoms with van der Waals surface area (Å²) in [5, 5.41) is 4.06. The van der Waals surface area contributed by atoms with E-state index in [0.29, 0.717) is 6.54 Å². The normalized spacial score (nSPS) is 10.7. The summed E-state index contributed by atoms with van der Waals surface area (Å²) in [4.78, 5) is 0. The molecule has 0 radical (unpaired) electrons. The Morgan fingerprint density at radius 3 is 2.44 bits per heavy atom. The maximum Gasteiger partial charge on any atom is 0.138 e. The molecule has 0 fully saturated rings. The van der Waals surface area contributed by atoms with Gasteiger partial charge in [-0.25, -0.2) is 0 Å². The zero-order chi connectivity index (χ0) is 11.5. The van der Waals surface area contributed by atoms with Crippen LogP contribution in [0, 0.1) is 13.8 Å². The maximum atomic E-state index is 5.47. The second kappa shape index (κ2) is 4.49. The van der Waals surface area contributed by atoms with Gasteiger partial charge in [-0.15, -0.1) is 0 Å². The first-order valence-electron chi connectivity index (χ1n) is 5.43. The molecule has 1 aromatic carbocycles. The van der Waals surface area contributed by atoms with E-state index < -0.39 is 0 Å². The fourth-order valence-corrected chi connectivity index (χ4v) is 1.83. The number of hydrogen-bond donors (Lipinski definition) is 1. The number of benzene rings is 1. The van der Waals surface area contributed by atoms with Gasteiger partial charge in [0.1, 0.15) is 11.5 Å². The molecule has 84 valence electrons. The largest absolute Gasteiger partial charge is 0.361 e. The van der Waals surface area contributed by atoms with Crippen molar-refractivity contribution in [2.75, 3.05) is 6.54 Å². The van der Waals surface area contributed by atoms with E-state index in [-0.39, 0.29) is 0 Å². The highest BCUT2D eigenvalue weighted by molar-refractivity contribution is 5.61. The number of nitrogens with two attached hydrogens (primary N) is 1. The van der Waals surface area contributed by atoms with Crippen molar-refractivity contribution in [1.82, 2.24) is 5.16 Å². The van der Waals surface area contributed by atoms with Gasteiger partial charge in [-0.2, -0.15) is 0 Å². The van der Waals surface area contributed by atoms with Gasteiger partial charge < -0.3 is 10.3 Å². The SMILES string of the molecule is Cc1cc(C)cc(-c2cc(CCN)on2)c1. The molecule has 0 saturated carbocycles. The molecule has 0 aliphatic heterocycles. The molecule has 0 unspecified atom stereocenters. The molecule has 1 heterocycles. The molecule has 0 aliphatic carbocycles. The summed E-state index contributed by atoms with van der Waals surface area (Å²) >= 11 is 0. The third kappa shape index (κ3) is 2.31. The van der Waals surface area contributed by atoms with Gasteiger partial charge in [0.25, 0.3) is 0 Å². The number of aryl methyl sites for hydroxylation is 2. The molecule has 0 aliphatic rings. The zero-order valence-corrected chi connectivity index (χ0v) is 9.66. The molecular formula is C13H16N2O. The quantitative estimate of drug-likeness (QED) is 0.857. The number of aromatic nitrogens is 1. The van der Waals surface area contributed by atoms with Crippen molar-refractivity contribution in [3.63, 3.8) is 0 Å². The lowest BCUT2D eigenvalue weighted by atomic mass is 10.0. The molecule has 2 rings (SSSR count). The Hall–Kier alpha value is -1.61. The smallest absolute Gasteiger partial charge is 0.138 e. The summed E-state index contributed by atoms with van der Waals surface area (Å²) in [5.74, 6) is 0.844. The van der Waals surface area contributed by atoms with Gasteiger partial charge >= 0.3 is 0 Å². The molecule has 16 heavy (non-hydrogen) atoms. The van der Waals surface area contributed by atoms with E-state index in [1.165, 1.54) is 11.1 Å². The summed E-state index contributed by atoms with van der Waals surface area (Å²) in [5.41, 5.74) is 9.92. The van der Waals surface area contributed by atoms with E-state index in [2.05, 4.69) is 37.2 Å². The Labute approximate surface area is 95.3 Å². The van der Waals surface area contributed by atoms with Crippen molar-refractivity contribution in [3.8, 4) is 11.3 Å². The van der Waals surface area contributed by atoms with Crippen LogP contribution in [0.2, 0.25) is 0 Å². The molecule has 2 aromatic rings. The molecular weight excluding hydrogens is 200 g/mol. The standard InChI is InChI=1S/C13H16N2O/c1-9-5-10(2)7-11(6-9)13-8-12(3-4-14)16-15-13/h5-8H,3-4,14H2,1-2H3. The van der Waals surface area contributed by atoms with Crippen LogP contribution in [0.4, 0.5) is 0 Å². The highest BCUT2D eigenvalue weighted by atomic mass is 16.5. The summed E-state index contributed by atoms with van der Waals surface area (Å²) in [7, 11) is 0. The van der Waals surface area contributed by atoms with Gasteiger partial charge in [0, 0.05) is 18.1 Å². The number of rotatable bonds is 3. The van der Waals surface area contributed by atoms with Crippen LogP contribution in [0.1, 0.15) is 16.9 Å². The van der Waals surface area contributed by atoms with E-state index in [1.807, 2.05) is 6.07 Å². The first-order chi connectivity index (χ1) is 7.69. The average molecular weight is 216 g/mol. The third-order valence-electron chi connectivity index (χ3n) is 2.47. The Bertz CT molecular complexity index is 468. The van der Waals surface area contributed by atoms with Gasteiger partial charge in [0.05, 0.1) is 0 Å². The Kier molecular flexibility index (Phi) is 3.06. The molecule has 3 nitrogen and oxygen atoms in total. The lowest BCUT2D eigenvalue weighted by molar-refractivity contribution is 0.386. The molecule has 0 atom stereocenters. The minimum absolute atomic E-state index is 0.585. The first kappa shape index (κ1) is 10.9. The van der Waals surface area contributed by atoms with Gasteiger partial charge in [0.2, 0.25) is 0 Å². The molecule has 2 N–H and O–H groups in total. The van der Waals surface area contributed by atoms with Crippen LogP contribution in [0.5, 0.6) is 0 Å². The lowest BCUT2D eigenvalue weighted by Gasteiger charge is -2.00. The molecule has 0 spiro atoms. The van der Waals surface area contributed by atoms with E-state index in [1.54, 1.807) is 0 Å². The monoisotopic (exact) mass is 216 g/mol. The summed E-state index contributed by atoms with van der Waals surface area (Å²) < 4.78 is 5.21.